The summed E-state index contributed by atoms with van der Waals surface area (Å²) in [6.45, 7) is -0.635. The van der Waals surface area contributed by atoms with Crippen molar-refractivity contribution in [1.82, 2.24) is 5.32 Å². The molecule has 1 aromatic rings. The van der Waals surface area contributed by atoms with Gasteiger partial charge in [0.25, 0.3) is 0 Å². The Labute approximate surface area is 104 Å². The van der Waals surface area contributed by atoms with Gasteiger partial charge in [0, 0.05) is 0 Å². The smallest absolute Gasteiger partial charge is 0.328 e. The highest BCUT2D eigenvalue weighted by Gasteiger charge is 2.18. The summed E-state index contributed by atoms with van der Waals surface area (Å²) in [6.07, 6.45) is 0. The third-order valence-corrected chi connectivity index (χ3v) is 2.16. The second-order valence-corrected chi connectivity index (χ2v) is 3.62. The summed E-state index contributed by atoms with van der Waals surface area (Å²) in [5.74, 6) is -1.86. The van der Waals surface area contributed by atoms with E-state index in [1.54, 1.807) is 0 Å². The summed E-state index contributed by atoms with van der Waals surface area (Å²) in [4.78, 5) is 21.8. The van der Waals surface area contributed by atoms with Gasteiger partial charge < -0.3 is 20.3 Å². The molecular weight excluding hydrogens is 238 g/mol. The fourth-order valence-corrected chi connectivity index (χ4v) is 1.26. The number of aliphatic carboxylic acids is 1. The fourth-order valence-electron chi connectivity index (χ4n) is 1.26. The van der Waals surface area contributed by atoms with Crippen molar-refractivity contribution in [2.75, 3.05) is 13.2 Å². The number of rotatable bonds is 7. The summed E-state index contributed by atoms with van der Waals surface area (Å²) in [5, 5.41) is 19.5. The number of aliphatic hydroxyl groups is 1. The van der Waals surface area contributed by atoms with Crippen LogP contribution in [-0.4, -0.2) is 41.3 Å². The molecule has 0 heterocycles. The van der Waals surface area contributed by atoms with E-state index in [9.17, 15) is 9.59 Å². The van der Waals surface area contributed by atoms with Crippen LogP contribution in [0.2, 0.25) is 0 Å². The van der Waals surface area contributed by atoms with Gasteiger partial charge in [-0.25, -0.2) is 4.79 Å². The summed E-state index contributed by atoms with van der Waals surface area (Å²) in [5.41, 5.74) is 0.919. The predicted molar refractivity (Wildman–Crippen MR) is 62.8 cm³/mol. The maximum absolute atomic E-state index is 11.3. The molecule has 0 saturated heterocycles. The number of aliphatic hydroxyl groups excluding tert-OH is 1. The first-order chi connectivity index (χ1) is 8.63. The van der Waals surface area contributed by atoms with Crippen LogP contribution in [0.5, 0.6) is 0 Å². The first kappa shape index (κ1) is 14.1. The Bertz CT molecular complexity index is 393. The molecule has 3 N–H and O–H groups in total. The minimum absolute atomic E-state index is 0.251. The largest absolute Gasteiger partial charge is 0.480 e. The molecule has 1 atom stereocenters. The van der Waals surface area contributed by atoms with E-state index < -0.39 is 24.5 Å². The van der Waals surface area contributed by atoms with Gasteiger partial charge in [0.2, 0.25) is 5.91 Å². The average Bonchev–Trinajstić information content (AvgIpc) is 2.37. The van der Waals surface area contributed by atoms with Crippen molar-refractivity contribution in [3.05, 3.63) is 35.9 Å². The average molecular weight is 253 g/mol. The monoisotopic (exact) mass is 253 g/mol. The SMILES string of the molecule is O=C(COCc1ccccc1)NC(CO)C(=O)O. The standard InChI is InChI=1S/C12H15NO5/c14-6-10(12(16)17)13-11(15)8-18-7-9-4-2-1-3-5-9/h1-5,10,14H,6-8H2,(H,13,15)(H,16,17). The van der Waals surface area contributed by atoms with Crippen molar-refractivity contribution in [1.29, 1.82) is 0 Å². The topological polar surface area (TPSA) is 95.9 Å². The third-order valence-electron chi connectivity index (χ3n) is 2.16. The molecule has 0 saturated carbocycles. The normalized spacial score (nSPS) is 11.8. The summed E-state index contributed by atoms with van der Waals surface area (Å²) >= 11 is 0. The van der Waals surface area contributed by atoms with Gasteiger partial charge in [0.1, 0.15) is 12.6 Å². The lowest BCUT2D eigenvalue weighted by atomic mass is 10.2. The van der Waals surface area contributed by atoms with Gasteiger partial charge in [-0.15, -0.1) is 0 Å². The molecule has 0 bridgehead atoms. The number of benzene rings is 1. The van der Waals surface area contributed by atoms with Crippen LogP contribution in [0, 0.1) is 0 Å². The molecule has 6 heteroatoms. The lowest BCUT2D eigenvalue weighted by Gasteiger charge is -2.11. The van der Waals surface area contributed by atoms with Crippen molar-refractivity contribution < 1.29 is 24.5 Å². The molecule has 1 unspecified atom stereocenters. The Morgan fingerprint density at radius 1 is 1.28 bits per heavy atom. The van der Waals surface area contributed by atoms with Crippen molar-refractivity contribution in [2.24, 2.45) is 0 Å². The minimum atomic E-state index is -1.29. The highest BCUT2D eigenvalue weighted by atomic mass is 16.5. The van der Waals surface area contributed by atoms with Gasteiger partial charge in [-0.1, -0.05) is 30.3 Å². The van der Waals surface area contributed by atoms with E-state index in [4.69, 9.17) is 14.9 Å². The highest BCUT2D eigenvalue weighted by molar-refractivity contribution is 5.84. The number of carboxylic acid groups (broad SMARTS) is 1. The van der Waals surface area contributed by atoms with Crippen molar-refractivity contribution in [3.63, 3.8) is 0 Å². The second kappa shape index (κ2) is 7.41. The molecule has 0 radical (unpaired) electrons. The zero-order valence-corrected chi connectivity index (χ0v) is 9.70. The second-order valence-electron chi connectivity index (χ2n) is 3.62. The number of carboxylic acids is 1. The Morgan fingerprint density at radius 2 is 1.94 bits per heavy atom. The number of nitrogens with one attached hydrogen (secondary N) is 1. The fraction of sp³-hybridized carbons (Fsp3) is 0.333. The molecule has 1 aromatic carbocycles. The van der Waals surface area contributed by atoms with Crippen molar-refractivity contribution in [3.8, 4) is 0 Å². The summed E-state index contributed by atoms with van der Waals surface area (Å²) in [7, 11) is 0. The molecule has 0 aromatic heterocycles. The van der Waals surface area contributed by atoms with Gasteiger partial charge in [0.15, 0.2) is 0 Å². The Balaban J connectivity index is 2.27. The zero-order valence-electron chi connectivity index (χ0n) is 9.70. The molecule has 0 aliphatic heterocycles. The number of ether oxygens (including phenoxy) is 1. The van der Waals surface area contributed by atoms with Gasteiger partial charge in [0.05, 0.1) is 13.2 Å². The molecule has 0 spiro atoms. The highest BCUT2D eigenvalue weighted by Crippen LogP contribution is 1.99. The molecule has 18 heavy (non-hydrogen) atoms. The van der Waals surface area contributed by atoms with E-state index in [0.29, 0.717) is 0 Å². The third kappa shape index (κ3) is 4.94. The minimum Gasteiger partial charge on any atom is -0.480 e. The molecule has 0 aliphatic rings. The van der Waals surface area contributed by atoms with Crippen LogP contribution in [0.4, 0.5) is 0 Å². The number of hydrogen-bond donors (Lipinski definition) is 3. The summed E-state index contributed by atoms with van der Waals surface area (Å²) < 4.78 is 5.12. The molecular formula is C12H15NO5. The van der Waals surface area contributed by atoms with E-state index in [-0.39, 0.29) is 13.2 Å². The quantitative estimate of drug-likeness (QED) is 0.623. The van der Waals surface area contributed by atoms with Gasteiger partial charge in [-0.2, -0.15) is 0 Å². The number of carbonyl (C=O) groups is 2. The number of amides is 1. The molecule has 98 valence electrons. The van der Waals surface area contributed by atoms with Crippen molar-refractivity contribution in [2.45, 2.75) is 12.6 Å². The van der Waals surface area contributed by atoms with Crippen LogP contribution in [0.1, 0.15) is 5.56 Å². The summed E-state index contributed by atoms with van der Waals surface area (Å²) in [6, 6.07) is 7.99. The number of carbonyl (C=O) groups excluding carboxylic acids is 1. The van der Waals surface area contributed by atoms with E-state index in [2.05, 4.69) is 5.32 Å². The first-order valence-corrected chi connectivity index (χ1v) is 5.38. The van der Waals surface area contributed by atoms with Gasteiger partial charge in [-0.3, -0.25) is 4.79 Å². The van der Waals surface area contributed by atoms with Gasteiger partial charge in [-0.05, 0) is 5.56 Å². The van der Waals surface area contributed by atoms with Crippen LogP contribution < -0.4 is 5.32 Å². The lowest BCUT2D eigenvalue weighted by molar-refractivity contribution is -0.143. The maximum atomic E-state index is 11.3. The number of hydrogen-bond acceptors (Lipinski definition) is 4. The van der Waals surface area contributed by atoms with Crippen LogP contribution in [0.3, 0.4) is 0 Å². The molecule has 6 nitrogen and oxygen atoms in total. The maximum Gasteiger partial charge on any atom is 0.328 e. The van der Waals surface area contributed by atoms with Crippen molar-refractivity contribution >= 4 is 11.9 Å². The van der Waals surface area contributed by atoms with E-state index in [1.807, 2.05) is 30.3 Å². The lowest BCUT2D eigenvalue weighted by Crippen LogP contribution is -2.44. The van der Waals surface area contributed by atoms with Crippen LogP contribution >= 0.6 is 0 Å². The van der Waals surface area contributed by atoms with E-state index in [0.717, 1.165) is 5.56 Å². The molecule has 0 aliphatic carbocycles. The Kier molecular flexibility index (Phi) is 5.83. The Morgan fingerprint density at radius 3 is 2.50 bits per heavy atom. The molecule has 0 fully saturated rings. The molecule has 1 amide bonds. The van der Waals surface area contributed by atoms with E-state index in [1.165, 1.54) is 0 Å². The van der Waals surface area contributed by atoms with Crippen LogP contribution in [0.25, 0.3) is 0 Å². The van der Waals surface area contributed by atoms with E-state index >= 15 is 0 Å². The van der Waals surface area contributed by atoms with Gasteiger partial charge >= 0.3 is 5.97 Å². The van der Waals surface area contributed by atoms with Crippen LogP contribution in [-0.2, 0) is 20.9 Å². The first-order valence-electron chi connectivity index (χ1n) is 5.38. The predicted octanol–water partition coefficient (Wildman–Crippen LogP) is -0.235. The zero-order chi connectivity index (χ0) is 13.4. The molecule has 1 rings (SSSR count). The van der Waals surface area contributed by atoms with Crippen LogP contribution in [0.15, 0.2) is 30.3 Å². The Hall–Kier alpha value is -1.92.